The topological polar surface area (TPSA) is 63.5 Å². The van der Waals surface area contributed by atoms with E-state index in [9.17, 15) is 4.79 Å². The summed E-state index contributed by atoms with van der Waals surface area (Å²) in [6.45, 7) is 5.35. The summed E-state index contributed by atoms with van der Waals surface area (Å²) >= 11 is 0. The fraction of sp³-hybridized carbons (Fsp3) is 0.318. The normalized spacial score (nSPS) is 14.7. The van der Waals surface area contributed by atoms with Crippen LogP contribution in [0.2, 0.25) is 0 Å². The number of hydrogen-bond acceptors (Lipinski definition) is 6. The molecule has 0 radical (unpaired) electrons. The van der Waals surface area contributed by atoms with Gasteiger partial charge in [-0.2, -0.15) is 9.90 Å². The number of piperazine rings is 1. The Hall–Kier alpha value is -3.19. The average Bonchev–Trinajstić information content (AvgIpc) is 3.27. The smallest absolute Gasteiger partial charge is 0.214 e. The first-order chi connectivity index (χ1) is 14.2. The molecule has 1 aliphatic rings. The van der Waals surface area contributed by atoms with Gasteiger partial charge in [0.05, 0.1) is 25.5 Å². The third kappa shape index (κ3) is 4.46. The molecule has 0 spiro atoms. The third-order valence-electron chi connectivity index (χ3n) is 5.22. The Morgan fingerprint density at radius 3 is 2.45 bits per heavy atom. The Labute approximate surface area is 170 Å². The SMILES string of the molecule is COc1ccccc1N1CCN(CCn2ncc(C(=O)c3ccccc3)n2)CC1. The summed E-state index contributed by atoms with van der Waals surface area (Å²) in [7, 11) is 1.71. The number of carbonyl (C=O) groups excluding carboxylic acids is 1. The second-order valence-corrected chi connectivity index (χ2v) is 7.02. The Balaban J connectivity index is 1.29. The molecule has 0 bridgehead atoms. The van der Waals surface area contributed by atoms with E-state index in [-0.39, 0.29) is 5.78 Å². The minimum absolute atomic E-state index is 0.0951. The number of aromatic nitrogens is 3. The fourth-order valence-electron chi connectivity index (χ4n) is 3.58. The van der Waals surface area contributed by atoms with Crippen LogP contribution in [0.25, 0.3) is 0 Å². The lowest BCUT2D eigenvalue weighted by atomic mass is 10.1. The van der Waals surface area contributed by atoms with Gasteiger partial charge in [-0.25, -0.2) is 0 Å². The van der Waals surface area contributed by atoms with Crippen molar-refractivity contribution in [2.24, 2.45) is 0 Å². The Kier molecular flexibility index (Phi) is 5.86. The van der Waals surface area contributed by atoms with Gasteiger partial charge in [-0.15, -0.1) is 5.10 Å². The zero-order valence-electron chi connectivity index (χ0n) is 16.6. The lowest BCUT2D eigenvalue weighted by Gasteiger charge is -2.36. The van der Waals surface area contributed by atoms with Crippen molar-refractivity contribution in [1.82, 2.24) is 19.9 Å². The molecular weight excluding hydrogens is 366 g/mol. The lowest BCUT2D eigenvalue weighted by molar-refractivity contribution is 0.103. The predicted octanol–water partition coefficient (Wildman–Crippen LogP) is 2.34. The molecule has 1 aliphatic heterocycles. The van der Waals surface area contributed by atoms with E-state index in [1.807, 2.05) is 36.4 Å². The Bertz CT molecular complexity index is 949. The van der Waals surface area contributed by atoms with Gasteiger partial charge in [0.25, 0.3) is 0 Å². The first-order valence-electron chi connectivity index (χ1n) is 9.85. The highest BCUT2D eigenvalue weighted by Crippen LogP contribution is 2.28. The van der Waals surface area contributed by atoms with Crippen molar-refractivity contribution in [1.29, 1.82) is 0 Å². The Morgan fingerprint density at radius 2 is 1.69 bits per heavy atom. The number of anilines is 1. The van der Waals surface area contributed by atoms with Crippen LogP contribution in [0.15, 0.2) is 60.8 Å². The molecule has 7 heteroatoms. The van der Waals surface area contributed by atoms with Crippen LogP contribution >= 0.6 is 0 Å². The summed E-state index contributed by atoms with van der Waals surface area (Å²) in [6.07, 6.45) is 1.55. The average molecular weight is 391 g/mol. The highest BCUT2D eigenvalue weighted by molar-refractivity contribution is 6.07. The maximum atomic E-state index is 12.4. The molecule has 0 N–H and O–H groups in total. The number of para-hydroxylation sites is 2. The van der Waals surface area contributed by atoms with E-state index in [1.54, 1.807) is 30.2 Å². The molecule has 4 rings (SSSR count). The van der Waals surface area contributed by atoms with Crippen LogP contribution in [0.4, 0.5) is 5.69 Å². The molecule has 7 nitrogen and oxygen atoms in total. The van der Waals surface area contributed by atoms with Crippen molar-refractivity contribution in [3.05, 3.63) is 72.1 Å². The van der Waals surface area contributed by atoms with Crippen molar-refractivity contribution in [2.45, 2.75) is 6.54 Å². The number of carbonyl (C=O) groups is 1. The van der Waals surface area contributed by atoms with E-state index >= 15 is 0 Å². The monoisotopic (exact) mass is 391 g/mol. The second-order valence-electron chi connectivity index (χ2n) is 7.02. The van der Waals surface area contributed by atoms with Crippen LogP contribution in [-0.4, -0.2) is 65.5 Å². The molecule has 0 atom stereocenters. The maximum absolute atomic E-state index is 12.4. The summed E-state index contributed by atoms with van der Waals surface area (Å²) in [5.74, 6) is 0.819. The number of ether oxygens (including phenoxy) is 1. The summed E-state index contributed by atoms with van der Waals surface area (Å²) in [4.78, 5) is 18.8. The van der Waals surface area contributed by atoms with Gasteiger partial charge in [-0.05, 0) is 12.1 Å². The number of nitrogens with zero attached hydrogens (tertiary/aromatic N) is 5. The van der Waals surface area contributed by atoms with Crippen LogP contribution in [0, 0.1) is 0 Å². The molecule has 1 fully saturated rings. The minimum Gasteiger partial charge on any atom is -0.495 e. The van der Waals surface area contributed by atoms with Crippen LogP contribution in [-0.2, 0) is 6.54 Å². The number of hydrogen-bond donors (Lipinski definition) is 0. The van der Waals surface area contributed by atoms with Gasteiger partial charge in [0.15, 0.2) is 5.69 Å². The number of rotatable bonds is 7. The highest BCUT2D eigenvalue weighted by atomic mass is 16.5. The highest BCUT2D eigenvalue weighted by Gasteiger charge is 2.20. The second kappa shape index (κ2) is 8.87. The predicted molar refractivity (Wildman–Crippen MR) is 112 cm³/mol. The molecule has 1 aromatic heterocycles. The largest absolute Gasteiger partial charge is 0.495 e. The molecular formula is C22H25N5O2. The molecule has 29 heavy (non-hydrogen) atoms. The van der Waals surface area contributed by atoms with Crippen LogP contribution in [0.5, 0.6) is 5.75 Å². The summed E-state index contributed by atoms with van der Waals surface area (Å²) in [5, 5.41) is 8.62. The third-order valence-corrected chi connectivity index (χ3v) is 5.22. The van der Waals surface area contributed by atoms with E-state index in [0.29, 0.717) is 17.8 Å². The molecule has 3 aromatic rings. The van der Waals surface area contributed by atoms with Crippen LogP contribution < -0.4 is 9.64 Å². The van der Waals surface area contributed by atoms with Gasteiger partial charge in [0.2, 0.25) is 5.78 Å². The molecule has 0 saturated carbocycles. The molecule has 2 aromatic carbocycles. The fourth-order valence-corrected chi connectivity index (χ4v) is 3.58. The van der Waals surface area contributed by atoms with Crippen molar-refractivity contribution in [3.8, 4) is 5.75 Å². The van der Waals surface area contributed by atoms with Gasteiger partial charge in [-0.1, -0.05) is 42.5 Å². The zero-order valence-corrected chi connectivity index (χ0v) is 16.6. The van der Waals surface area contributed by atoms with Gasteiger partial charge in [0, 0.05) is 38.3 Å². The van der Waals surface area contributed by atoms with E-state index in [4.69, 9.17) is 4.74 Å². The number of methoxy groups -OCH3 is 1. The quantitative estimate of drug-likeness (QED) is 0.576. The Morgan fingerprint density at radius 1 is 0.966 bits per heavy atom. The summed E-state index contributed by atoms with van der Waals surface area (Å²) in [6, 6.07) is 17.3. The lowest BCUT2D eigenvalue weighted by Crippen LogP contribution is -2.47. The van der Waals surface area contributed by atoms with Crippen LogP contribution in [0.1, 0.15) is 16.1 Å². The van der Waals surface area contributed by atoms with E-state index in [2.05, 4.69) is 26.1 Å². The summed E-state index contributed by atoms with van der Waals surface area (Å²) < 4.78 is 5.48. The molecule has 0 aliphatic carbocycles. The molecule has 2 heterocycles. The number of benzene rings is 2. The number of ketones is 1. The molecule has 0 amide bonds. The standard InChI is InChI=1S/C22H25N5O2/c1-29-21-10-6-5-9-20(21)26-14-11-25(12-15-26)13-16-27-23-17-19(24-27)22(28)18-7-3-2-4-8-18/h2-10,17H,11-16H2,1H3. The zero-order chi connectivity index (χ0) is 20.1. The van der Waals surface area contributed by atoms with Crippen molar-refractivity contribution < 1.29 is 9.53 Å². The van der Waals surface area contributed by atoms with E-state index in [0.717, 1.165) is 44.2 Å². The van der Waals surface area contributed by atoms with Crippen molar-refractivity contribution >= 4 is 11.5 Å². The van der Waals surface area contributed by atoms with Gasteiger partial charge in [-0.3, -0.25) is 9.69 Å². The van der Waals surface area contributed by atoms with Gasteiger partial charge in [0.1, 0.15) is 5.75 Å². The minimum atomic E-state index is -0.0951. The molecule has 1 saturated heterocycles. The maximum Gasteiger partial charge on any atom is 0.214 e. The van der Waals surface area contributed by atoms with Crippen LogP contribution in [0.3, 0.4) is 0 Å². The first kappa shape index (κ1) is 19.1. The van der Waals surface area contributed by atoms with Crippen molar-refractivity contribution in [2.75, 3.05) is 44.7 Å². The van der Waals surface area contributed by atoms with Gasteiger partial charge >= 0.3 is 0 Å². The molecule has 0 unspecified atom stereocenters. The van der Waals surface area contributed by atoms with E-state index in [1.165, 1.54) is 0 Å². The first-order valence-corrected chi connectivity index (χ1v) is 9.85. The van der Waals surface area contributed by atoms with Crippen molar-refractivity contribution in [3.63, 3.8) is 0 Å². The van der Waals surface area contributed by atoms with Gasteiger partial charge < -0.3 is 9.64 Å². The van der Waals surface area contributed by atoms with E-state index < -0.39 is 0 Å². The molecule has 150 valence electrons. The summed E-state index contributed by atoms with van der Waals surface area (Å²) in [5.41, 5.74) is 2.16.